The Bertz CT molecular complexity index is 153. The second-order valence-electron chi connectivity index (χ2n) is 2.86. The standard InChI is InChI=1S/C7H12O4.H3N/c8-5-7(4-6(9)10)2-1-3-11-7;/h8H,1-5H2,(H,9,10);1H3. The van der Waals surface area contributed by atoms with Crippen molar-refractivity contribution in [1.29, 1.82) is 0 Å². The van der Waals surface area contributed by atoms with Crippen molar-refractivity contribution >= 4 is 5.97 Å². The zero-order chi connectivity index (χ0) is 8.32. The fraction of sp³-hybridized carbons (Fsp3) is 0.857. The van der Waals surface area contributed by atoms with Gasteiger partial charge in [0.25, 0.3) is 0 Å². The topological polar surface area (TPSA) is 102 Å². The molecular formula is C7H15NO4. The van der Waals surface area contributed by atoms with E-state index >= 15 is 0 Å². The molecule has 12 heavy (non-hydrogen) atoms. The third kappa shape index (κ3) is 2.44. The van der Waals surface area contributed by atoms with Gasteiger partial charge in [-0.1, -0.05) is 0 Å². The van der Waals surface area contributed by atoms with Gasteiger partial charge in [0.05, 0.1) is 13.0 Å². The molecule has 1 heterocycles. The van der Waals surface area contributed by atoms with E-state index in [2.05, 4.69) is 0 Å². The molecular weight excluding hydrogens is 162 g/mol. The maximum absolute atomic E-state index is 10.3. The van der Waals surface area contributed by atoms with Gasteiger partial charge in [0.1, 0.15) is 5.60 Å². The van der Waals surface area contributed by atoms with Gasteiger partial charge < -0.3 is 21.1 Å². The Labute approximate surface area is 70.9 Å². The summed E-state index contributed by atoms with van der Waals surface area (Å²) in [5, 5.41) is 17.4. The Morgan fingerprint density at radius 2 is 2.25 bits per heavy atom. The highest BCUT2D eigenvalue weighted by molar-refractivity contribution is 5.68. The van der Waals surface area contributed by atoms with Crippen molar-refractivity contribution in [3.05, 3.63) is 0 Å². The third-order valence-electron chi connectivity index (χ3n) is 1.95. The van der Waals surface area contributed by atoms with Gasteiger partial charge in [-0.25, -0.2) is 0 Å². The Morgan fingerprint density at radius 3 is 2.58 bits per heavy atom. The lowest BCUT2D eigenvalue weighted by Gasteiger charge is -2.23. The summed E-state index contributed by atoms with van der Waals surface area (Å²) in [4.78, 5) is 10.3. The van der Waals surface area contributed by atoms with Gasteiger partial charge in [0.2, 0.25) is 0 Å². The van der Waals surface area contributed by atoms with E-state index in [4.69, 9.17) is 14.9 Å². The summed E-state index contributed by atoms with van der Waals surface area (Å²) in [6.07, 6.45) is 1.40. The van der Waals surface area contributed by atoms with Gasteiger partial charge in [-0.2, -0.15) is 0 Å². The molecule has 0 aromatic rings. The van der Waals surface area contributed by atoms with Crippen LogP contribution in [-0.4, -0.2) is 35.0 Å². The molecule has 0 saturated carbocycles. The lowest BCUT2D eigenvalue weighted by atomic mass is 9.97. The molecule has 72 valence electrons. The Hall–Kier alpha value is -0.650. The molecule has 0 radical (unpaired) electrons. The molecule has 0 spiro atoms. The number of rotatable bonds is 3. The molecule has 0 bridgehead atoms. The van der Waals surface area contributed by atoms with Gasteiger partial charge in [0.15, 0.2) is 0 Å². The minimum absolute atomic E-state index is 0. The second-order valence-corrected chi connectivity index (χ2v) is 2.86. The largest absolute Gasteiger partial charge is 0.481 e. The summed E-state index contributed by atoms with van der Waals surface area (Å²) in [5.74, 6) is -0.916. The number of hydrogen-bond acceptors (Lipinski definition) is 4. The van der Waals surface area contributed by atoms with Crippen LogP contribution in [-0.2, 0) is 9.53 Å². The van der Waals surface area contributed by atoms with Crippen molar-refractivity contribution in [2.24, 2.45) is 0 Å². The van der Waals surface area contributed by atoms with E-state index in [1.807, 2.05) is 0 Å². The number of carbonyl (C=O) groups is 1. The fourth-order valence-electron chi connectivity index (χ4n) is 1.35. The highest BCUT2D eigenvalue weighted by Crippen LogP contribution is 2.28. The van der Waals surface area contributed by atoms with Crippen LogP contribution in [0.25, 0.3) is 0 Å². The van der Waals surface area contributed by atoms with Crippen LogP contribution in [0.5, 0.6) is 0 Å². The maximum atomic E-state index is 10.3. The number of carboxylic acid groups (broad SMARTS) is 1. The molecule has 5 nitrogen and oxygen atoms in total. The van der Waals surface area contributed by atoms with Crippen molar-refractivity contribution in [3.8, 4) is 0 Å². The normalized spacial score (nSPS) is 28.1. The van der Waals surface area contributed by atoms with Gasteiger partial charge >= 0.3 is 5.97 Å². The van der Waals surface area contributed by atoms with E-state index in [0.29, 0.717) is 13.0 Å². The van der Waals surface area contributed by atoms with E-state index in [9.17, 15) is 4.79 Å². The number of carboxylic acids is 1. The smallest absolute Gasteiger partial charge is 0.306 e. The van der Waals surface area contributed by atoms with Crippen LogP contribution in [0.4, 0.5) is 0 Å². The highest BCUT2D eigenvalue weighted by atomic mass is 16.5. The first-order valence-corrected chi connectivity index (χ1v) is 3.65. The number of aliphatic carboxylic acids is 1. The van der Waals surface area contributed by atoms with Crippen LogP contribution in [0.2, 0.25) is 0 Å². The zero-order valence-corrected chi connectivity index (χ0v) is 6.95. The molecule has 5 N–H and O–H groups in total. The monoisotopic (exact) mass is 177 g/mol. The van der Waals surface area contributed by atoms with Crippen LogP contribution in [0.15, 0.2) is 0 Å². The van der Waals surface area contributed by atoms with Crippen LogP contribution in [0.1, 0.15) is 19.3 Å². The molecule has 0 aromatic heterocycles. The quantitative estimate of drug-likeness (QED) is 0.570. The molecule has 1 fully saturated rings. The van der Waals surface area contributed by atoms with Crippen molar-refractivity contribution in [2.45, 2.75) is 24.9 Å². The minimum Gasteiger partial charge on any atom is -0.481 e. The average Bonchev–Trinajstić information content (AvgIpc) is 2.36. The second kappa shape index (κ2) is 4.39. The Morgan fingerprint density at radius 1 is 1.58 bits per heavy atom. The first kappa shape index (κ1) is 11.4. The number of aliphatic hydroxyl groups excluding tert-OH is 1. The van der Waals surface area contributed by atoms with E-state index < -0.39 is 11.6 Å². The third-order valence-corrected chi connectivity index (χ3v) is 1.95. The van der Waals surface area contributed by atoms with Crippen LogP contribution in [0.3, 0.4) is 0 Å². The molecule has 1 rings (SSSR count). The molecule has 1 aliphatic heterocycles. The molecule has 0 amide bonds. The SMILES string of the molecule is N.O=C(O)CC1(CO)CCCO1. The average molecular weight is 177 g/mol. The highest BCUT2D eigenvalue weighted by Gasteiger charge is 2.36. The summed E-state index contributed by atoms with van der Waals surface area (Å²) in [7, 11) is 0. The summed E-state index contributed by atoms with van der Waals surface area (Å²) < 4.78 is 5.17. The number of ether oxygens (including phenoxy) is 1. The maximum Gasteiger partial charge on any atom is 0.306 e. The summed E-state index contributed by atoms with van der Waals surface area (Å²) in [6.45, 7) is 0.368. The van der Waals surface area contributed by atoms with E-state index in [1.165, 1.54) is 0 Å². The molecule has 1 aliphatic rings. The molecule has 1 saturated heterocycles. The lowest BCUT2D eigenvalue weighted by molar-refractivity contribution is -0.145. The van der Waals surface area contributed by atoms with Gasteiger partial charge in [-0.05, 0) is 12.8 Å². The zero-order valence-electron chi connectivity index (χ0n) is 6.95. The Kier molecular flexibility index (Phi) is 4.16. The van der Waals surface area contributed by atoms with Gasteiger partial charge in [0, 0.05) is 6.61 Å². The predicted molar refractivity (Wildman–Crippen MR) is 42.3 cm³/mol. The fourth-order valence-corrected chi connectivity index (χ4v) is 1.35. The first-order valence-electron chi connectivity index (χ1n) is 3.65. The molecule has 0 aliphatic carbocycles. The molecule has 5 heteroatoms. The van der Waals surface area contributed by atoms with Gasteiger partial charge in [-0.3, -0.25) is 4.79 Å². The number of aliphatic hydroxyl groups is 1. The molecule has 0 aromatic carbocycles. The summed E-state index contributed by atoms with van der Waals surface area (Å²) >= 11 is 0. The molecule has 1 atom stereocenters. The van der Waals surface area contributed by atoms with E-state index in [-0.39, 0.29) is 19.2 Å². The van der Waals surface area contributed by atoms with Gasteiger partial charge in [-0.15, -0.1) is 0 Å². The van der Waals surface area contributed by atoms with Crippen molar-refractivity contribution < 1.29 is 19.7 Å². The lowest BCUT2D eigenvalue weighted by Crippen LogP contribution is -2.35. The van der Waals surface area contributed by atoms with E-state index in [1.54, 1.807) is 0 Å². The summed E-state index contributed by atoms with van der Waals surface area (Å²) in [5.41, 5.74) is -0.786. The predicted octanol–water partition coefficient (Wildman–Crippen LogP) is 0.165. The van der Waals surface area contributed by atoms with Crippen molar-refractivity contribution in [1.82, 2.24) is 6.15 Å². The van der Waals surface area contributed by atoms with Crippen LogP contribution in [0, 0.1) is 0 Å². The van der Waals surface area contributed by atoms with E-state index in [0.717, 1.165) is 6.42 Å². The minimum atomic E-state index is -0.916. The first-order chi connectivity index (χ1) is 5.18. The molecule has 1 unspecified atom stereocenters. The van der Waals surface area contributed by atoms with Crippen LogP contribution >= 0.6 is 0 Å². The Balaban J connectivity index is 0.00000121. The number of hydrogen-bond donors (Lipinski definition) is 3. The van der Waals surface area contributed by atoms with Crippen molar-refractivity contribution in [2.75, 3.05) is 13.2 Å². The van der Waals surface area contributed by atoms with Crippen LogP contribution < -0.4 is 6.15 Å². The summed E-state index contributed by atoms with van der Waals surface area (Å²) in [6, 6.07) is 0. The van der Waals surface area contributed by atoms with Crippen molar-refractivity contribution in [3.63, 3.8) is 0 Å².